The molecule has 0 N–H and O–H groups in total. The first kappa shape index (κ1) is 42.8. The summed E-state index contributed by atoms with van der Waals surface area (Å²) in [4.78, 5) is 10.5. The van der Waals surface area contributed by atoms with Crippen LogP contribution in [-0.2, 0) is 0 Å². The van der Waals surface area contributed by atoms with Gasteiger partial charge in [-0.2, -0.15) is 0 Å². The monoisotopic (exact) mass is 609 g/mol. The average Bonchev–Trinajstić information content (AvgIpc) is 3.01. The SMILES string of the molecule is CCCCCCCCCCN(C)CCN(C)CCN(C)CCN(CCCCCCCCCC)CCCCCCCCCC. The summed E-state index contributed by atoms with van der Waals surface area (Å²) in [6, 6.07) is 0. The molecule has 0 aliphatic carbocycles. The fourth-order valence-corrected chi connectivity index (χ4v) is 6.12. The third-order valence-electron chi connectivity index (χ3n) is 9.57. The number of likely N-dealkylation sites (N-methyl/N-ethyl adjacent to an activating group) is 3. The number of rotatable bonds is 36. The molecule has 0 fully saturated rings. The predicted octanol–water partition coefficient (Wildman–Crippen LogP) is 10.5. The normalized spacial score (nSPS) is 12.1. The minimum Gasteiger partial charge on any atom is -0.305 e. The second kappa shape index (κ2) is 34.7. The van der Waals surface area contributed by atoms with E-state index in [1.165, 1.54) is 213 Å². The Morgan fingerprint density at radius 2 is 0.465 bits per heavy atom. The van der Waals surface area contributed by atoms with Crippen LogP contribution in [0.1, 0.15) is 175 Å². The molecule has 0 spiro atoms. The first-order valence-corrected chi connectivity index (χ1v) is 19.8. The molecule has 0 aliphatic rings. The van der Waals surface area contributed by atoms with Crippen molar-refractivity contribution >= 4 is 0 Å². The van der Waals surface area contributed by atoms with Crippen molar-refractivity contribution in [2.75, 3.05) is 80.0 Å². The Hall–Kier alpha value is -0.160. The van der Waals surface area contributed by atoms with Gasteiger partial charge >= 0.3 is 0 Å². The Bertz CT molecular complexity index is 493. The molecule has 0 radical (unpaired) electrons. The molecule has 0 bridgehead atoms. The van der Waals surface area contributed by atoms with E-state index in [-0.39, 0.29) is 0 Å². The molecule has 4 nitrogen and oxygen atoms in total. The Morgan fingerprint density at radius 1 is 0.233 bits per heavy atom. The predicted molar refractivity (Wildman–Crippen MR) is 197 cm³/mol. The average molecular weight is 609 g/mol. The largest absolute Gasteiger partial charge is 0.305 e. The van der Waals surface area contributed by atoms with Gasteiger partial charge in [0.25, 0.3) is 0 Å². The van der Waals surface area contributed by atoms with Gasteiger partial charge in [-0.25, -0.2) is 0 Å². The molecule has 0 aromatic heterocycles. The van der Waals surface area contributed by atoms with Crippen molar-refractivity contribution in [2.45, 2.75) is 175 Å². The molecule has 0 saturated carbocycles. The zero-order valence-corrected chi connectivity index (χ0v) is 31.1. The quantitative estimate of drug-likeness (QED) is 0.0656. The van der Waals surface area contributed by atoms with Crippen LogP contribution >= 0.6 is 0 Å². The van der Waals surface area contributed by atoms with Gasteiger partial charge in [0.05, 0.1) is 0 Å². The van der Waals surface area contributed by atoms with E-state index in [0.717, 1.165) is 0 Å². The van der Waals surface area contributed by atoms with Crippen LogP contribution in [0.5, 0.6) is 0 Å². The fourth-order valence-electron chi connectivity index (χ4n) is 6.12. The highest BCUT2D eigenvalue weighted by molar-refractivity contribution is 4.65. The fraction of sp³-hybridized carbons (Fsp3) is 1.00. The van der Waals surface area contributed by atoms with Gasteiger partial charge in [0.2, 0.25) is 0 Å². The molecule has 0 atom stereocenters. The van der Waals surface area contributed by atoms with E-state index in [1.807, 2.05) is 0 Å². The third kappa shape index (κ3) is 33.0. The van der Waals surface area contributed by atoms with Gasteiger partial charge in [-0.3, -0.25) is 0 Å². The first-order chi connectivity index (χ1) is 21.0. The summed E-state index contributed by atoms with van der Waals surface area (Å²) >= 11 is 0. The lowest BCUT2D eigenvalue weighted by Gasteiger charge is -2.27. The lowest BCUT2D eigenvalue weighted by Crippen LogP contribution is -2.39. The second-order valence-corrected chi connectivity index (χ2v) is 14.2. The standard InChI is InChI=1S/C39H84N4/c1-7-10-13-16-19-22-25-28-31-40(4)34-35-41(5)36-37-42(6)38-39-43(32-29-26-23-20-17-14-11-8-2)33-30-27-24-21-18-15-12-9-3/h7-39H2,1-6H3. The zero-order valence-electron chi connectivity index (χ0n) is 31.1. The number of nitrogens with zero attached hydrogens (tertiary/aromatic N) is 4. The van der Waals surface area contributed by atoms with Crippen LogP contribution < -0.4 is 0 Å². The van der Waals surface area contributed by atoms with Gasteiger partial charge in [0.1, 0.15) is 0 Å². The van der Waals surface area contributed by atoms with E-state index in [2.05, 4.69) is 61.5 Å². The van der Waals surface area contributed by atoms with E-state index in [1.54, 1.807) is 0 Å². The second-order valence-electron chi connectivity index (χ2n) is 14.2. The Morgan fingerprint density at radius 3 is 0.791 bits per heavy atom. The van der Waals surface area contributed by atoms with Crippen LogP contribution in [0, 0.1) is 0 Å². The molecular weight excluding hydrogens is 524 g/mol. The summed E-state index contributed by atoms with van der Waals surface area (Å²) in [6.45, 7) is 18.0. The summed E-state index contributed by atoms with van der Waals surface area (Å²) < 4.78 is 0. The van der Waals surface area contributed by atoms with Gasteiger partial charge in [-0.05, 0) is 60.0 Å². The van der Waals surface area contributed by atoms with Crippen molar-refractivity contribution in [2.24, 2.45) is 0 Å². The number of hydrogen-bond acceptors (Lipinski definition) is 4. The molecule has 4 heteroatoms. The lowest BCUT2D eigenvalue weighted by atomic mass is 10.1. The van der Waals surface area contributed by atoms with Gasteiger partial charge in [0, 0.05) is 39.3 Å². The van der Waals surface area contributed by atoms with Crippen molar-refractivity contribution in [3.63, 3.8) is 0 Å². The molecular formula is C39H84N4. The van der Waals surface area contributed by atoms with E-state index in [0.29, 0.717) is 0 Å². The van der Waals surface area contributed by atoms with E-state index < -0.39 is 0 Å². The highest BCUT2D eigenvalue weighted by Gasteiger charge is 2.09. The first-order valence-electron chi connectivity index (χ1n) is 19.8. The summed E-state index contributed by atoms with van der Waals surface area (Å²) in [5.41, 5.74) is 0. The number of hydrogen-bond donors (Lipinski definition) is 0. The van der Waals surface area contributed by atoms with Crippen molar-refractivity contribution in [3.05, 3.63) is 0 Å². The summed E-state index contributed by atoms with van der Waals surface area (Å²) in [5.74, 6) is 0. The molecule has 0 aromatic carbocycles. The highest BCUT2D eigenvalue weighted by Crippen LogP contribution is 2.12. The third-order valence-corrected chi connectivity index (χ3v) is 9.57. The maximum Gasteiger partial charge on any atom is 0.0109 e. The molecule has 0 rings (SSSR count). The maximum atomic E-state index is 2.80. The molecule has 0 aromatic rings. The zero-order chi connectivity index (χ0) is 31.6. The smallest absolute Gasteiger partial charge is 0.0109 e. The molecule has 0 aliphatic heterocycles. The van der Waals surface area contributed by atoms with Crippen molar-refractivity contribution in [3.8, 4) is 0 Å². The van der Waals surface area contributed by atoms with Crippen LogP contribution in [0.2, 0.25) is 0 Å². The van der Waals surface area contributed by atoms with Crippen LogP contribution in [-0.4, -0.2) is 99.6 Å². The Labute approximate surface area is 274 Å². The van der Waals surface area contributed by atoms with Gasteiger partial charge in [0.15, 0.2) is 0 Å². The lowest BCUT2D eigenvalue weighted by molar-refractivity contribution is 0.195. The molecule has 0 unspecified atom stereocenters. The highest BCUT2D eigenvalue weighted by atomic mass is 15.2. The summed E-state index contributed by atoms with van der Waals surface area (Å²) in [6.07, 6.45) is 34.1. The molecule has 0 saturated heterocycles. The molecule has 0 amide bonds. The van der Waals surface area contributed by atoms with Gasteiger partial charge in [-0.1, -0.05) is 156 Å². The van der Waals surface area contributed by atoms with Gasteiger partial charge in [-0.15, -0.1) is 0 Å². The topological polar surface area (TPSA) is 13.0 Å². The molecule has 43 heavy (non-hydrogen) atoms. The van der Waals surface area contributed by atoms with E-state index in [9.17, 15) is 0 Å². The van der Waals surface area contributed by atoms with Crippen molar-refractivity contribution in [1.29, 1.82) is 0 Å². The number of unbranched alkanes of at least 4 members (excludes halogenated alkanes) is 21. The van der Waals surface area contributed by atoms with Crippen LogP contribution in [0.4, 0.5) is 0 Å². The van der Waals surface area contributed by atoms with Crippen molar-refractivity contribution in [1.82, 2.24) is 19.6 Å². The summed E-state index contributed by atoms with van der Waals surface area (Å²) in [7, 11) is 6.97. The Balaban J connectivity index is 4.11. The minimum atomic E-state index is 1.18. The minimum absolute atomic E-state index is 1.18. The molecule has 260 valence electrons. The summed E-state index contributed by atoms with van der Waals surface area (Å²) in [5, 5.41) is 0. The van der Waals surface area contributed by atoms with Crippen LogP contribution in [0.15, 0.2) is 0 Å². The van der Waals surface area contributed by atoms with Crippen molar-refractivity contribution < 1.29 is 0 Å². The molecule has 0 heterocycles. The van der Waals surface area contributed by atoms with E-state index >= 15 is 0 Å². The van der Waals surface area contributed by atoms with Crippen LogP contribution in [0.25, 0.3) is 0 Å². The Kier molecular flexibility index (Phi) is 34.6. The van der Waals surface area contributed by atoms with Gasteiger partial charge < -0.3 is 19.6 Å². The van der Waals surface area contributed by atoms with Crippen LogP contribution in [0.3, 0.4) is 0 Å². The maximum absolute atomic E-state index is 2.80. The van der Waals surface area contributed by atoms with E-state index in [4.69, 9.17) is 0 Å².